The molecule has 0 radical (unpaired) electrons. The van der Waals surface area contributed by atoms with E-state index in [1.54, 1.807) is 11.0 Å². The lowest BCUT2D eigenvalue weighted by atomic mass is 10.00. The summed E-state index contributed by atoms with van der Waals surface area (Å²) in [5, 5.41) is 0.536. The highest BCUT2D eigenvalue weighted by atomic mass is 35.5. The Bertz CT molecular complexity index is 496. The van der Waals surface area contributed by atoms with Crippen molar-refractivity contribution in [3.05, 3.63) is 28.3 Å². The monoisotopic (exact) mass is 221 g/mol. The molecule has 4 heteroatoms. The molecular formula is C11H8ClNO2. The van der Waals surface area contributed by atoms with Gasteiger partial charge in [-0.2, -0.15) is 0 Å². The number of hydrogen-bond acceptors (Lipinski definition) is 2. The number of carbonyl (C=O) groups is 2. The van der Waals surface area contributed by atoms with E-state index in [1.165, 1.54) is 0 Å². The SMILES string of the molecule is O=C1C(=O)N2CCCc3cc(Cl)cc1c32. The van der Waals surface area contributed by atoms with Crippen LogP contribution in [-0.2, 0) is 11.2 Å². The van der Waals surface area contributed by atoms with Gasteiger partial charge >= 0.3 is 0 Å². The summed E-state index contributed by atoms with van der Waals surface area (Å²) in [6.45, 7) is 0.645. The third kappa shape index (κ3) is 1.07. The first-order valence-electron chi connectivity index (χ1n) is 4.87. The van der Waals surface area contributed by atoms with Crippen LogP contribution in [0.5, 0.6) is 0 Å². The van der Waals surface area contributed by atoms with E-state index in [0.29, 0.717) is 17.1 Å². The molecule has 1 amide bonds. The third-order valence-electron chi connectivity index (χ3n) is 2.94. The zero-order valence-electron chi connectivity index (χ0n) is 7.92. The van der Waals surface area contributed by atoms with Gasteiger partial charge in [0.05, 0.1) is 11.3 Å². The summed E-state index contributed by atoms with van der Waals surface area (Å²) >= 11 is 5.91. The van der Waals surface area contributed by atoms with Crippen LogP contribution < -0.4 is 4.90 Å². The van der Waals surface area contributed by atoms with Crippen molar-refractivity contribution in [2.24, 2.45) is 0 Å². The number of hydrogen-bond donors (Lipinski definition) is 0. The molecule has 2 heterocycles. The van der Waals surface area contributed by atoms with Crippen molar-refractivity contribution in [1.82, 2.24) is 0 Å². The molecule has 0 fully saturated rings. The molecule has 0 aliphatic carbocycles. The molecule has 0 saturated heterocycles. The second-order valence-electron chi connectivity index (χ2n) is 3.85. The fraction of sp³-hybridized carbons (Fsp3) is 0.273. The van der Waals surface area contributed by atoms with Gasteiger partial charge in [0.25, 0.3) is 11.7 Å². The lowest BCUT2D eigenvalue weighted by Crippen LogP contribution is -2.33. The number of nitrogens with zero attached hydrogens (tertiary/aromatic N) is 1. The number of halogens is 1. The standard InChI is InChI=1S/C11H8ClNO2/c12-7-4-6-2-1-3-13-9(6)8(5-7)10(14)11(13)15/h4-5H,1-3H2. The van der Waals surface area contributed by atoms with E-state index in [4.69, 9.17) is 11.6 Å². The number of benzene rings is 1. The Hall–Kier alpha value is -1.35. The van der Waals surface area contributed by atoms with Crippen molar-refractivity contribution in [1.29, 1.82) is 0 Å². The maximum absolute atomic E-state index is 11.6. The average molecular weight is 222 g/mol. The van der Waals surface area contributed by atoms with E-state index in [9.17, 15) is 9.59 Å². The number of amides is 1. The molecular weight excluding hydrogens is 214 g/mol. The van der Waals surface area contributed by atoms with Gasteiger partial charge in [-0.25, -0.2) is 0 Å². The quantitative estimate of drug-likeness (QED) is 0.627. The highest BCUT2D eigenvalue weighted by Gasteiger charge is 2.39. The maximum Gasteiger partial charge on any atom is 0.299 e. The molecule has 15 heavy (non-hydrogen) atoms. The first-order valence-corrected chi connectivity index (χ1v) is 5.25. The first-order chi connectivity index (χ1) is 7.18. The van der Waals surface area contributed by atoms with Crippen LogP contribution in [0.25, 0.3) is 0 Å². The Morgan fingerprint density at radius 1 is 1.27 bits per heavy atom. The van der Waals surface area contributed by atoms with Gasteiger partial charge < -0.3 is 4.90 Å². The van der Waals surface area contributed by atoms with Gasteiger partial charge in [0.1, 0.15) is 0 Å². The number of anilines is 1. The summed E-state index contributed by atoms with van der Waals surface area (Å²) in [5.41, 5.74) is 2.28. The molecule has 1 aromatic rings. The van der Waals surface area contributed by atoms with Crippen LogP contribution >= 0.6 is 11.6 Å². The molecule has 0 bridgehead atoms. The van der Waals surface area contributed by atoms with Crippen molar-refractivity contribution in [2.45, 2.75) is 12.8 Å². The average Bonchev–Trinajstić information content (AvgIpc) is 2.46. The molecule has 1 aromatic carbocycles. The largest absolute Gasteiger partial charge is 0.304 e. The number of rotatable bonds is 0. The highest BCUT2D eigenvalue weighted by Crippen LogP contribution is 2.38. The summed E-state index contributed by atoms with van der Waals surface area (Å²) in [6.07, 6.45) is 1.78. The zero-order chi connectivity index (χ0) is 10.6. The summed E-state index contributed by atoms with van der Waals surface area (Å²) in [5.74, 6) is -0.830. The van der Waals surface area contributed by atoms with Crippen molar-refractivity contribution in [2.75, 3.05) is 11.4 Å². The van der Waals surface area contributed by atoms with Gasteiger partial charge in [-0.15, -0.1) is 0 Å². The van der Waals surface area contributed by atoms with Crippen LogP contribution in [0.4, 0.5) is 5.69 Å². The lowest BCUT2D eigenvalue weighted by Gasteiger charge is -2.24. The number of Topliss-reactive ketones (excluding diaryl/α,β-unsaturated/α-hetero) is 1. The third-order valence-corrected chi connectivity index (χ3v) is 3.15. The fourth-order valence-corrected chi connectivity index (χ4v) is 2.56. The van der Waals surface area contributed by atoms with Crippen molar-refractivity contribution in [3.8, 4) is 0 Å². The van der Waals surface area contributed by atoms with E-state index in [0.717, 1.165) is 24.1 Å². The van der Waals surface area contributed by atoms with Crippen molar-refractivity contribution in [3.63, 3.8) is 0 Å². The van der Waals surface area contributed by atoms with E-state index < -0.39 is 11.7 Å². The number of carbonyl (C=O) groups excluding carboxylic acids is 2. The molecule has 0 unspecified atom stereocenters. The van der Waals surface area contributed by atoms with E-state index in [-0.39, 0.29) is 0 Å². The van der Waals surface area contributed by atoms with E-state index in [1.807, 2.05) is 6.07 Å². The molecule has 0 N–H and O–H groups in total. The number of aryl methyl sites for hydroxylation is 1. The molecule has 0 saturated carbocycles. The van der Waals surface area contributed by atoms with Gasteiger partial charge in [0, 0.05) is 11.6 Å². The van der Waals surface area contributed by atoms with Crippen LogP contribution in [0, 0.1) is 0 Å². The summed E-state index contributed by atoms with van der Waals surface area (Å²) in [7, 11) is 0. The minimum atomic E-state index is -0.421. The molecule has 3 nitrogen and oxygen atoms in total. The molecule has 2 aliphatic rings. The normalized spacial score (nSPS) is 18.3. The van der Waals surface area contributed by atoms with Gasteiger partial charge in [-0.05, 0) is 30.5 Å². The molecule has 0 atom stereocenters. The Kier molecular flexibility index (Phi) is 1.68. The predicted molar refractivity (Wildman–Crippen MR) is 56.5 cm³/mol. The summed E-state index contributed by atoms with van der Waals surface area (Å²) in [4.78, 5) is 24.8. The van der Waals surface area contributed by atoms with Gasteiger partial charge in [0.15, 0.2) is 0 Å². The Labute approximate surface area is 91.6 Å². The summed E-state index contributed by atoms with van der Waals surface area (Å²) in [6, 6.07) is 3.43. The highest BCUT2D eigenvalue weighted by molar-refractivity contribution is 6.53. The smallest absolute Gasteiger partial charge is 0.299 e. The van der Waals surface area contributed by atoms with Crippen LogP contribution in [0.15, 0.2) is 12.1 Å². The summed E-state index contributed by atoms with van der Waals surface area (Å²) < 4.78 is 0. The topological polar surface area (TPSA) is 37.4 Å². The van der Waals surface area contributed by atoms with Crippen molar-refractivity contribution >= 4 is 29.0 Å². The van der Waals surface area contributed by atoms with Crippen LogP contribution in [0.2, 0.25) is 5.02 Å². The van der Waals surface area contributed by atoms with Crippen LogP contribution in [0.1, 0.15) is 22.3 Å². The molecule has 76 valence electrons. The lowest BCUT2D eigenvalue weighted by molar-refractivity contribution is -0.114. The Balaban J connectivity index is 2.33. The zero-order valence-corrected chi connectivity index (χ0v) is 8.67. The van der Waals surface area contributed by atoms with E-state index in [2.05, 4.69) is 0 Å². The molecule has 3 rings (SSSR count). The second kappa shape index (κ2) is 2.83. The second-order valence-corrected chi connectivity index (χ2v) is 4.29. The van der Waals surface area contributed by atoms with Crippen LogP contribution in [-0.4, -0.2) is 18.2 Å². The van der Waals surface area contributed by atoms with Gasteiger partial charge in [-0.3, -0.25) is 9.59 Å². The Morgan fingerprint density at radius 3 is 2.87 bits per heavy atom. The minimum Gasteiger partial charge on any atom is -0.304 e. The van der Waals surface area contributed by atoms with Crippen LogP contribution in [0.3, 0.4) is 0 Å². The van der Waals surface area contributed by atoms with Crippen molar-refractivity contribution < 1.29 is 9.59 Å². The first kappa shape index (κ1) is 8.92. The van der Waals surface area contributed by atoms with E-state index >= 15 is 0 Å². The molecule has 2 aliphatic heterocycles. The Morgan fingerprint density at radius 2 is 2.07 bits per heavy atom. The minimum absolute atomic E-state index is 0.409. The molecule has 0 aromatic heterocycles. The number of ketones is 1. The fourth-order valence-electron chi connectivity index (χ4n) is 2.32. The van der Waals surface area contributed by atoms with Gasteiger partial charge in [-0.1, -0.05) is 11.6 Å². The maximum atomic E-state index is 11.6. The van der Waals surface area contributed by atoms with Gasteiger partial charge in [0.2, 0.25) is 0 Å². The predicted octanol–water partition coefficient (Wildman–Crippen LogP) is 1.82. The molecule has 0 spiro atoms.